The van der Waals surface area contributed by atoms with Gasteiger partial charge in [-0.15, -0.1) is 0 Å². The van der Waals surface area contributed by atoms with Crippen LogP contribution in [-0.2, 0) is 4.74 Å². The number of hydrogen-bond donors (Lipinski definition) is 1. The molecule has 1 aliphatic carbocycles. The fraction of sp³-hybridized carbons (Fsp3) is 0.600. The van der Waals surface area contributed by atoms with Crippen molar-refractivity contribution >= 4 is 0 Å². The van der Waals surface area contributed by atoms with Crippen molar-refractivity contribution in [2.24, 2.45) is 5.92 Å². The maximum Gasteiger partial charge on any atom is 0.177 e. The van der Waals surface area contributed by atoms with Crippen molar-refractivity contribution in [2.45, 2.75) is 51.9 Å². The molecule has 0 aromatic heterocycles. The normalized spacial score (nSPS) is 35.0. The molecule has 1 fully saturated rings. The van der Waals surface area contributed by atoms with Gasteiger partial charge < -0.3 is 9.84 Å². The van der Waals surface area contributed by atoms with Crippen molar-refractivity contribution in [1.29, 1.82) is 0 Å². The number of hydrogen-bond acceptors (Lipinski definition) is 2. The van der Waals surface area contributed by atoms with Crippen molar-refractivity contribution < 1.29 is 9.84 Å². The number of aliphatic hydroxyl groups is 1. The summed E-state index contributed by atoms with van der Waals surface area (Å²) in [5, 5.41) is 9.74. The highest BCUT2D eigenvalue weighted by atomic mass is 16.6. The van der Waals surface area contributed by atoms with E-state index in [2.05, 4.69) is 32.6 Å². The van der Waals surface area contributed by atoms with Crippen LogP contribution in [0.2, 0.25) is 0 Å². The van der Waals surface area contributed by atoms with Crippen molar-refractivity contribution in [1.82, 2.24) is 0 Å². The van der Waals surface area contributed by atoms with Gasteiger partial charge in [-0.05, 0) is 45.1 Å². The number of allylic oxidation sites excluding steroid dienone is 3. The summed E-state index contributed by atoms with van der Waals surface area (Å²) in [6.07, 6.45) is 8.01. The van der Waals surface area contributed by atoms with Crippen LogP contribution in [0.1, 0.15) is 39.5 Å². The molecule has 1 N–H and O–H groups in total. The van der Waals surface area contributed by atoms with Crippen LogP contribution in [0.25, 0.3) is 0 Å². The van der Waals surface area contributed by atoms with E-state index in [1.807, 2.05) is 0 Å². The molecule has 0 aromatic carbocycles. The Morgan fingerprint density at radius 2 is 2.06 bits per heavy atom. The number of ether oxygens (including phenoxy) is 1. The van der Waals surface area contributed by atoms with E-state index in [0.29, 0.717) is 0 Å². The maximum absolute atomic E-state index is 9.74. The summed E-state index contributed by atoms with van der Waals surface area (Å²) in [5.41, 5.74) is 3.62. The van der Waals surface area contributed by atoms with Gasteiger partial charge >= 0.3 is 0 Å². The summed E-state index contributed by atoms with van der Waals surface area (Å²) in [4.78, 5) is 0. The molecule has 1 heterocycles. The standard InChI is InChI=1S/C15H22O2/c1-10-5-4-6-11(2)9-14-13(8-7-10)12(3)15(16)17-14/h5,9,13-16H,3-4,6-8H2,1-2H3. The highest BCUT2D eigenvalue weighted by molar-refractivity contribution is 5.20. The predicted octanol–water partition coefficient (Wildman–Crippen LogP) is 3.34. The molecule has 0 amide bonds. The topological polar surface area (TPSA) is 29.5 Å². The van der Waals surface area contributed by atoms with E-state index in [1.165, 1.54) is 11.1 Å². The van der Waals surface area contributed by atoms with Gasteiger partial charge in [-0.3, -0.25) is 0 Å². The molecule has 0 spiro atoms. The lowest BCUT2D eigenvalue weighted by molar-refractivity contribution is -0.0650. The van der Waals surface area contributed by atoms with Crippen LogP contribution in [0.15, 0.2) is 35.5 Å². The number of fused-ring (bicyclic) bond motifs is 1. The van der Waals surface area contributed by atoms with Gasteiger partial charge in [0, 0.05) is 5.92 Å². The van der Waals surface area contributed by atoms with Gasteiger partial charge in [-0.1, -0.05) is 29.9 Å². The quantitative estimate of drug-likeness (QED) is 0.651. The van der Waals surface area contributed by atoms with Gasteiger partial charge in [-0.2, -0.15) is 0 Å². The van der Waals surface area contributed by atoms with Gasteiger partial charge in [0.25, 0.3) is 0 Å². The SMILES string of the molecule is C=C1C(O)OC2C=C(C)CCC=C(C)CCC12. The zero-order valence-electron chi connectivity index (χ0n) is 10.8. The van der Waals surface area contributed by atoms with Crippen molar-refractivity contribution in [3.05, 3.63) is 35.5 Å². The predicted molar refractivity (Wildman–Crippen MR) is 69.5 cm³/mol. The molecule has 2 rings (SSSR count). The Bertz CT molecular complexity index is 365. The first-order chi connectivity index (χ1) is 8.08. The zero-order valence-corrected chi connectivity index (χ0v) is 10.8. The average molecular weight is 234 g/mol. The van der Waals surface area contributed by atoms with E-state index in [9.17, 15) is 5.11 Å². The minimum Gasteiger partial charge on any atom is -0.364 e. The Morgan fingerprint density at radius 3 is 2.82 bits per heavy atom. The van der Waals surface area contributed by atoms with Crippen LogP contribution in [0.4, 0.5) is 0 Å². The zero-order chi connectivity index (χ0) is 12.4. The first-order valence-electron chi connectivity index (χ1n) is 6.43. The molecule has 2 heteroatoms. The van der Waals surface area contributed by atoms with Crippen LogP contribution >= 0.6 is 0 Å². The Kier molecular flexibility index (Phi) is 3.85. The van der Waals surface area contributed by atoms with Gasteiger partial charge in [0.05, 0.1) is 6.10 Å². The minimum absolute atomic E-state index is 0.0170. The summed E-state index contributed by atoms with van der Waals surface area (Å²) >= 11 is 0. The lowest BCUT2D eigenvalue weighted by atomic mass is 9.88. The van der Waals surface area contributed by atoms with Crippen LogP contribution in [0, 0.1) is 5.92 Å². The molecule has 0 aromatic rings. The highest BCUT2D eigenvalue weighted by Crippen LogP contribution is 2.36. The minimum atomic E-state index is -0.779. The first-order valence-corrected chi connectivity index (χ1v) is 6.43. The molecule has 1 aliphatic heterocycles. The monoisotopic (exact) mass is 234 g/mol. The summed E-state index contributed by atoms with van der Waals surface area (Å²) in [5.74, 6) is 0.265. The molecule has 3 atom stereocenters. The third-order valence-electron chi connectivity index (χ3n) is 3.81. The number of aliphatic hydroxyl groups excluding tert-OH is 1. The molecular weight excluding hydrogens is 212 g/mol. The molecule has 2 nitrogen and oxygen atoms in total. The van der Waals surface area contributed by atoms with Gasteiger partial charge in [0.2, 0.25) is 0 Å². The highest BCUT2D eigenvalue weighted by Gasteiger charge is 2.36. The third kappa shape index (κ3) is 2.88. The van der Waals surface area contributed by atoms with Crippen LogP contribution in [0.3, 0.4) is 0 Å². The second kappa shape index (κ2) is 5.19. The van der Waals surface area contributed by atoms with Crippen LogP contribution in [-0.4, -0.2) is 17.5 Å². The molecule has 0 saturated carbocycles. The smallest absolute Gasteiger partial charge is 0.177 e. The lowest BCUT2D eigenvalue weighted by Crippen LogP contribution is -2.15. The molecule has 2 aliphatic rings. The van der Waals surface area contributed by atoms with Gasteiger partial charge in [0.15, 0.2) is 6.29 Å². The van der Waals surface area contributed by atoms with Gasteiger partial charge in [-0.25, -0.2) is 0 Å². The molecule has 1 saturated heterocycles. The molecule has 0 radical (unpaired) electrons. The number of rotatable bonds is 0. The van der Waals surface area contributed by atoms with Gasteiger partial charge in [0.1, 0.15) is 0 Å². The Hall–Kier alpha value is -0.860. The molecule has 0 bridgehead atoms. The van der Waals surface area contributed by atoms with E-state index >= 15 is 0 Å². The summed E-state index contributed by atoms with van der Waals surface area (Å²) < 4.78 is 5.58. The second-order valence-electron chi connectivity index (χ2n) is 5.28. The van der Waals surface area contributed by atoms with E-state index in [4.69, 9.17) is 4.74 Å². The van der Waals surface area contributed by atoms with Crippen molar-refractivity contribution in [3.8, 4) is 0 Å². The molecule has 94 valence electrons. The van der Waals surface area contributed by atoms with E-state index < -0.39 is 6.29 Å². The summed E-state index contributed by atoms with van der Waals surface area (Å²) in [6.45, 7) is 8.29. The van der Waals surface area contributed by atoms with Crippen LogP contribution < -0.4 is 0 Å². The largest absolute Gasteiger partial charge is 0.364 e. The van der Waals surface area contributed by atoms with Crippen molar-refractivity contribution in [3.63, 3.8) is 0 Å². The lowest BCUT2D eigenvalue weighted by Gasteiger charge is -2.18. The molecule has 3 unspecified atom stereocenters. The Labute approximate surface area is 104 Å². The van der Waals surface area contributed by atoms with E-state index in [-0.39, 0.29) is 12.0 Å². The fourth-order valence-electron chi connectivity index (χ4n) is 2.63. The van der Waals surface area contributed by atoms with Crippen molar-refractivity contribution in [2.75, 3.05) is 0 Å². The summed E-state index contributed by atoms with van der Waals surface area (Å²) in [7, 11) is 0. The molecule has 17 heavy (non-hydrogen) atoms. The van der Waals surface area contributed by atoms with Crippen LogP contribution in [0.5, 0.6) is 0 Å². The average Bonchev–Trinajstić information content (AvgIpc) is 2.52. The first kappa shape index (κ1) is 12.6. The maximum atomic E-state index is 9.74. The fourth-order valence-corrected chi connectivity index (χ4v) is 2.63. The third-order valence-corrected chi connectivity index (χ3v) is 3.81. The van der Waals surface area contributed by atoms with E-state index in [0.717, 1.165) is 31.3 Å². The summed E-state index contributed by atoms with van der Waals surface area (Å²) in [6, 6.07) is 0. The Morgan fingerprint density at radius 1 is 1.29 bits per heavy atom. The Balaban J connectivity index is 2.21. The van der Waals surface area contributed by atoms with E-state index in [1.54, 1.807) is 0 Å². The molecular formula is C15H22O2. The second-order valence-corrected chi connectivity index (χ2v) is 5.28.